The Morgan fingerprint density at radius 1 is 1.10 bits per heavy atom. The smallest absolute Gasteiger partial charge is 0.267 e. The number of amides is 1. The number of hydrogen-bond acceptors (Lipinski definition) is 5. The second-order valence-corrected chi connectivity index (χ2v) is 9.35. The first kappa shape index (κ1) is 21.3. The van der Waals surface area contributed by atoms with E-state index in [4.69, 9.17) is 4.98 Å². The van der Waals surface area contributed by atoms with Gasteiger partial charge in [-0.15, -0.1) is 11.3 Å². The monoisotopic (exact) mass is 449 g/mol. The summed E-state index contributed by atoms with van der Waals surface area (Å²) in [6.45, 7) is 6.12. The molecule has 31 heavy (non-hydrogen) atoms. The average Bonchev–Trinajstić information content (AvgIpc) is 3.19. The highest BCUT2D eigenvalue weighted by Gasteiger charge is 2.17. The predicted octanol–water partition coefficient (Wildman–Crippen LogP) is 5.36. The van der Waals surface area contributed by atoms with Crippen molar-refractivity contribution >= 4 is 44.9 Å². The maximum absolute atomic E-state index is 13.3. The summed E-state index contributed by atoms with van der Waals surface area (Å²) in [5.74, 6) is 0.0200. The standard InChI is InChI=1S/C24H23N3O2S2/c1-4-19-13-20-22(31-19)26-24(27(23(20)29)18-8-6-5-7-9-18)30-14-21(28)25-17-11-10-15(2)16(3)12-17/h5-13H,4,14H2,1-3H3,(H,25,28). The summed E-state index contributed by atoms with van der Waals surface area (Å²) in [5.41, 5.74) is 3.70. The lowest BCUT2D eigenvalue weighted by molar-refractivity contribution is -0.113. The third-order valence-electron chi connectivity index (χ3n) is 5.07. The van der Waals surface area contributed by atoms with E-state index in [0.717, 1.165) is 28.2 Å². The van der Waals surface area contributed by atoms with Crippen LogP contribution in [0.1, 0.15) is 22.9 Å². The number of carbonyl (C=O) groups excluding carboxylic acids is 1. The summed E-state index contributed by atoms with van der Waals surface area (Å²) in [6, 6.07) is 17.2. The molecule has 2 aromatic carbocycles. The Morgan fingerprint density at radius 3 is 2.58 bits per heavy atom. The van der Waals surface area contributed by atoms with E-state index in [0.29, 0.717) is 15.4 Å². The predicted molar refractivity (Wildman–Crippen MR) is 130 cm³/mol. The van der Waals surface area contributed by atoms with Crippen molar-refractivity contribution < 1.29 is 4.79 Å². The van der Waals surface area contributed by atoms with Crippen LogP contribution in [0.15, 0.2) is 64.5 Å². The number of nitrogens with zero attached hydrogens (tertiary/aromatic N) is 2. The summed E-state index contributed by atoms with van der Waals surface area (Å²) in [4.78, 5) is 32.5. The van der Waals surface area contributed by atoms with Crippen molar-refractivity contribution in [1.82, 2.24) is 9.55 Å². The molecule has 158 valence electrons. The van der Waals surface area contributed by atoms with Gasteiger partial charge in [-0.2, -0.15) is 0 Å². The zero-order valence-corrected chi connectivity index (χ0v) is 19.3. The van der Waals surface area contributed by atoms with Gasteiger partial charge < -0.3 is 5.32 Å². The number of rotatable bonds is 6. The number of thioether (sulfide) groups is 1. The van der Waals surface area contributed by atoms with Crippen LogP contribution >= 0.6 is 23.1 Å². The Bertz CT molecular complexity index is 1310. The fourth-order valence-corrected chi connectivity index (χ4v) is 5.06. The summed E-state index contributed by atoms with van der Waals surface area (Å²) in [5, 5.41) is 4.07. The number of fused-ring (bicyclic) bond motifs is 1. The number of thiophene rings is 1. The van der Waals surface area contributed by atoms with Crippen LogP contribution in [0.25, 0.3) is 15.9 Å². The maximum Gasteiger partial charge on any atom is 0.267 e. The Kier molecular flexibility index (Phi) is 6.25. The molecule has 7 heteroatoms. The third kappa shape index (κ3) is 4.57. The second-order valence-electron chi connectivity index (χ2n) is 7.29. The number of carbonyl (C=O) groups is 1. The van der Waals surface area contributed by atoms with Crippen LogP contribution in [0, 0.1) is 13.8 Å². The van der Waals surface area contributed by atoms with E-state index < -0.39 is 0 Å². The van der Waals surface area contributed by atoms with Crippen molar-refractivity contribution in [3.05, 3.63) is 81.0 Å². The molecular weight excluding hydrogens is 426 g/mol. The molecule has 0 aliphatic carbocycles. The third-order valence-corrected chi connectivity index (χ3v) is 7.18. The molecule has 0 saturated carbocycles. The molecule has 2 aromatic heterocycles. The quantitative estimate of drug-likeness (QED) is 0.318. The molecule has 1 amide bonds. The van der Waals surface area contributed by atoms with Crippen LogP contribution in [0.5, 0.6) is 0 Å². The van der Waals surface area contributed by atoms with Gasteiger partial charge in [-0.1, -0.05) is 43.0 Å². The van der Waals surface area contributed by atoms with E-state index in [-0.39, 0.29) is 17.2 Å². The molecule has 0 bridgehead atoms. The number of benzene rings is 2. The van der Waals surface area contributed by atoms with Gasteiger partial charge in [-0.3, -0.25) is 14.2 Å². The molecule has 0 aliphatic rings. The number of para-hydroxylation sites is 1. The molecule has 4 rings (SSSR count). The topological polar surface area (TPSA) is 64.0 Å². The van der Waals surface area contributed by atoms with Crippen LogP contribution in [0.2, 0.25) is 0 Å². The van der Waals surface area contributed by atoms with E-state index in [2.05, 4.69) is 12.2 Å². The Hall–Kier alpha value is -2.90. The molecule has 2 heterocycles. The van der Waals surface area contributed by atoms with Crippen molar-refractivity contribution in [2.24, 2.45) is 0 Å². The summed E-state index contributed by atoms with van der Waals surface area (Å²) in [6.07, 6.45) is 0.854. The number of aromatic nitrogens is 2. The van der Waals surface area contributed by atoms with Crippen LogP contribution in [0.4, 0.5) is 5.69 Å². The van der Waals surface area contributed by atoms with Gasteiger partial charge in [0, 0.05) is 10.6 Å². The summed E-state index contributed by atoms with van der Waals surface area (Å²) < 4.78 is 1.60. The van der Waals surface area contributed by atoms with Crippen LogP contribution < -0.4 is 10.9 Å². The van der Waals surface area contributed by atoms with Crippen LogP contribution in [-0.2, 0) is 11.2 Å². The molecule has 4 aromatic rings. The van der Waals surface area contributed by atoms with Crippen LogP contribution in [0.3, 0.4) is 0 Å². The van der Waals surface area contributed by atoms with Gasteiger partial charge in [-0.25, -0.2) is 4.98 Å². The van der Waals surface area contributed by atoms with Crippen molar-refractivity contribution in [3.63, 3.8) is 0 Å². The molecule has 0 atom stereocenters. The van der Waals surface area contributed by atoms with E-state index in [1.165, 1.54) is 28.7 Å². The van der Waals surface area contributed by atoms with E-state index >= 15 is 0 Å². The Balaban J connectivity index is 1.65. The lowest BCUT2D eigenvalue weighted by Crippen LogP contribution is -2.22. The first-order chi connectivity index (χ1) is 15.0. The summed E-state index contributed by atoms with van der Waals surface area (Å²) in [7, 11) is 0. The lowest BCUT2D eigenvalue weighted by Gasteiger charge is -2.12. The van der Waals surface area contributed by atoms with E-state index in [1.54, 1.807) is 4.57 Å². The zero-order valence-electron chi connectivity index (χ0n) is 17.6. The van der Waals surface area contributed by atoms with Crippen LogP contribution in [-0.4, -0.2) is 21.2 Å². The largest absolute Gasteiger partial charge is 0.325 e. The minimum atomic E-state index is -0.136. The molecular formula is C24H23N3O2S2. The first-order valence-electron chi connectivity index (χ1n) is 10.1. The Morgan fingerprint density at radius 2 is 1.87 bits per heavy atom. The highest BCUT2D eigenvalue weighted by Crippen LogP contribution is 2.27. The van der Waals surface area contributed by atoms with Gasteiger partial charge in [0.15, 0.2) is 5.16 Å². The molecule has 0 radical (unpaired) electrons. The number of nitrogens with one attached hydrogen (secondary N) is 1. The number of aryl methyl sites for hydroxylation is 3. The molecule has 0 aliphatic heterocycles. The fraction of sp³-hybridized carbons (Fsp3) is 0.208. The minimum Gasteiger partial charge on any atom is -0.325 e. The molecule has 5 nitrogen and oxygen atoms in total. The van der Waals surface area contributed by atoms with Crippen molar-refractivity contribution in [2.75, 3.05) is 11.1 Å². The minimum absolute atomic E-state index is 0.107. The van der Waals surface area contributed by atoms with Crippen molar-refractivity contribution in [3.8, 4) is 5.69 Å². The lowest BCUT2D eigenvalue weighted by atomic mass is 10.1. The molecule has 1 N–H and O–H groups in total. The molecule has 0 spiro atoms. The van der Waals surface area contributed by atoms with Crippen molar-refractivity contribution in [2.45, 2.75) is 32.3 Å². The van der Waals surface area contributed by atoms with E-state index in [1.807, 2.05) is 68.4 Å². The number of hydrogen-bond donors (Lipinski definition) is 1. The average molecular weight is 450 g/mol. The number of anilines is 1. The van der Waals surface area contributed by atoms with Gasteiger partial charge in [0.25, 0.3) is 5.56 Å². The summed E-state index contributed by atoms with van der Waals surface area (Å²) >= 11 is 2.80. The van der Waals surface area contributed by atoms with E-state index in [9.17, 15) is 9.59 Å². The SMILES string of the molecule is CCc1cc2c(=O)n(-c3ccccc3)c(SCC(=O)Nc3ccc(C)c(C)c3)nc2s1. The van der Waals surface area contributed by atoms with Gasteiger partial charge in [0.2, 0.25) is 5.91 Å². The second kappa shape index (κ2) is 9.08. The van der Waals surface area contributed by atoms with Gasteiger partial charge in [0.1, 0.15) is 4.83 Å². The Labute approximate surface area is 189 Å². The van der Waals surface area contributed by atoms with Gasteiger partial charge in [-0.05, 0) is 61.7 Å². The molecule has 0 fully saturated rings. The fourth-order valence-electron chi connectivity index (χ4n) is 3.23. The highest BCUT2D eigenvalue weighted by molar-refractivity contribution is 7.99. The normalized spacial score (nSPS) is 11.1. The van der Waals surface area contributed by atoms with Gasteiger partial charge in [0.05, 0.1) is 16.8 Å². The highest BCUT2D eigenvalue weighted by atomic mass is 32.2. The molecule has 0 unspecified atom stereocenters. The van der Waals surface area contributed by atoms with Gasteiger partial charge >= 0.3 is 0 Å². The first-order valence-corrected chi connectivity index (χ1v) is 11.9. The molecule has 0 saturated heterocycles. The maximum atomic E-state index is 13.3. The zero-order chi connectivity index (χ0) is 22.0. The van der Waals surface area contributed by atoms with Crippen molar-refractivity contribution in [1.29, 1.82) is 0 Å².